The summed E-state index contributed by atoms with van der Waals surface area (Å²) in [6.45, 7) is 2.01. The van der Waals surface area contributed by atoms with E-state index in [-0.39, 0.29) is 0 Å². The van der Waals surface area contributed by atoms with E-state index in [1.165, 1.54) is 15.6 Å². The maximum atomic E-state index is 6.17. The fourth-order valence-corrected chi connectivity index (χ4v) is 4.14. The minimum Gasteiger partial charge on any atom is -0.489 e. The van der Waals surface area contributed by atoms with Gasteiger partial charge in [-0.15, -0.1) is 11.3 Å². The Kier molecular flexibility index (Phi) is 6.18. The summed E-state index contributed by atoms with van der Waals surface area (Å²) in [5.41, 5.74) is 2.15. The van der Waals surface area contributed by atoms with Crippen LogP contribution in [-0.2, 0) is 19.7 Å². The number of benzene rings is 3. The molecule has 5 heteroatoms. The molecule has 3 aromatic carbocycles. The third-order valence-electron chi connectivity index (χ3n) is 4.56. The highest BCUT2D eigenvalue weighted by Crippen LogP contribution is 2.30. The fourth-order valence-electron chi connectivity index (χ4n) is 3.15. The summed E-state index contributed by atoms with van der Waals surface area (Å²) in [4.78, 5) is 1.32. The quantitative estimate of drug-likeness (QED) is 0.340. The lowest BCUT2D eigenvalue weighted by Gasteiger charge is -2.15. The Balaban J connectivity index is 1.56. The molecule has 0 spiro atoms. The lowest BCUT2D eigenvalue weighted by molar-refractivity contribution is 0.302. The van der Waals surface area contributed by atoms with Crippen LogP contribution in [0.15, 0.2) is 72.1 Å². The lowest BCUT2D eigenvalue weighted by atomic mass is 10.0. The Labute approximate surface area is 178 Å². The summed E-state index contributed by atoms with van der Waals surface area (Å²) in [5.74, 6) is 0.878. The highest BCUT2D eigenvalue weighted by molar-refractivity contribution is 7.09. The highest BCUT2D eigenvalue weighted by Gasteiger charge is 2.10. The number of ether oxygens (including phenoxy) is 1. The Bertz CT molecular complexity index is 1080. The lowest BCUT2D eigenvalue weighted by Crippen LogP contribution is -2.13. The molecule has 28 heavy (non-hydrogen) atoms. The van der Waals surface area contributed by atoms with Crippen molar-refractivity contribution in [2.45, 2.75) is 19.7 Å². The highest BCUT2D eigenvalue weighted by atomic mass is 35.5. The first-order chi connectivity index (χ1) is 13.7. The van der Waals surface area contributed by atoms with Crippen LogP contribution in [0, 0.1) is 0 Å². The molecular weight excluding hydrogens is 409 g/mol. The molecule has 0 bridgehead atoms. The number of hydrogen-bond donors (Lipinski definition) is 1. The number of fused-ring (bicyclic) bond motifs is 1. The summed E-state index contributed by atoms with van der Waals surface area (Å²) in [6, 6.07) is 22.3. The zero-order valence-corrected chi connectivity index (χ0v) is 17.5. The zero-order valence-electron chi connectivity index (χ0n) is 15.1. The SMILES string of the molecule is Clc1ccc(COc2ccc3ccccc3c2CNCc2cccs2)cc1Cl. The van der Waals surface area contributed by atoms with Crippen LogP contribution < -0.4 is 10.1 Å². The predicted octanol–water partition coefficient (Wildman–Crippen LogP) is 7.08. The van der Waals surface area contributed by atoms with Gasteiger partial charge in [0, 0.05) is 23.5 Å². The van der Waals surface area contributed by atoms with Crippen molar-refractivity contribution in [2.24, 2.45) is 0 Å². The van der Waals surface area contributed by atoms with Gasteiger partial charge in [0.1, 0.15) is 12.4 Å². The van der Waals surface area contributed by atoms with E-state index >= 15 is 0 Å². The topological polar surface area (TPSA) is 21.3 Å². The van der Waals surface area contributed by atoms with E-state index < -0.39 is 0 Å². The maximum absolute atomic E-state index is 6.17. The second-order valence-electron chi connectivity index (χ2n) is 6.48. The molecule has 0 aliphatic heterocycles. The smallest absolute Gasteiger partial charge is 0.124 e. The molecule has 0 saturated heterocycles. The van der Waals surface area contributed by atoms with Crippen LogP contribution in [0.1, 0.15) is 16.0 Å². The third kappa shape index (κ3) is 4.50. The number of thiophene rings is 1. The molecule has 0 atom stereocenters. The summed E-state index contributed by atoms with van der Waals surface area (Å²) < 4.78 is 6.17. The Morgan fingerprint density at radius 2 is 1.75 bits per heavy atom. The first-order valence-electron chi connectivity index (χ1n) is 9.01. The van der Waals surface area contributed by atoms with E-state index in [4.69, 9.17) is 27.9 Å². The van der Waals surface area contributed by atoms with E-state index in [9.17, 15) is 0 Å². The number of nitrogens with one attached hydrogen (secondary N) is 1. The number of halogens is 2. The third-order valence-corrected chi connectivity index (χ3v) is 6.17. The summed E-state index contributed by atoms with van der Waals surface area (Å²) >= 11 is 13.9. The molecule has 1 aromatic heterocycles. The van der Waals surface area contributed by atoms with E-state index in [1.807, 2.05) is 18.2 Å². The van der Waals surface area contributed by atoms with Gasteiger partial charge in [0.25, 0.3) is 0 Å². The van der Waals surface area contributed by atoms with Gasteiger partial charge in [-0.05, 0) is 46.0 Å². The van der Waals surface area contributed by atoms with Crippen molar-refractivity contribution in [2.75, 3.05) is 0 Å². The molecule has 0 fully saturated rings. The van der Waals surface area contributed by atoms with Crippen LogP contribution in [0.4, 0.5) is 0 Å². The van der Waals surface area contributed by atoms with Gasteiger partial charge in [-0.3, -0.25) is 0 Å². The standard InChI is InChI=1S/C23H19Cl2NOS/c24-21-9-7-16(12-22(21)25)15-27-23-10-8-17-4-1-2-6-19(17)20(23)14-26-13-18-5-3-11-28-18/h1-12,26H,13-15H2. The van der Waals surface area contributed by atoms with Crippen molar-refractivity contribution >= 4 is 45.3 Å². The maximum Gasteiger partial charge on any atom is 0.124 e. The molecule has 1 N–H and O–H groups in total. The Hall–Kier alpha value is -2.04. The second kappa shape index (κ2) is 8.97. The van der Waals surface area contributed by atoms with Crippen molar-refractivity contribution in [1.82, 2.24) is 5.32 Å². The molecule has 0 radical (unpaired) electrons. The van der Waals surface area contributed by atoms with Crippen molar-refractivity contribution in [3.05, 3.63) is 98.2 Å². The van der Waals surface area contributed by atoms with Gasteiger partial charge in [-0.1, -0.05) is 65.7 Å². The Morgan fingerprint density at radius 1 is 0.857 bits per heavy atom. The van der Waals surface area contributed by atoms with Gasteiger partial charge in [0.05, 0.1) is 10.0 Å². The van der Waals surface area contributed by atoms with Gasteiger partial charge < -0.3 is 10.1 Å². The van der Waals surface area contributed by atoms with E-state index in [0.717, 1.165) is 30.0 Å². The molecule has 1 heterocycles. The first kappa shape index (κ1) is 19.3. The summed E-state index contributed by atoms with van der Waals surface area (Å²) in [7, 11) is 0. The minimum atomic E-state index is 0.438. The van der Waals surface area contributed by atoms with Crippen molar-refractivity contribution in [3.63, 3.8) is 0 Å². The van der Waals surface area contributed by atoms with Gasteiger partial charge in [0.15, 0.2) is 0 Å². The fraction of sp³-hybridized carbons (Fsp3) is 0.130. The van der Waals surface area contributed by atoms with Gasteiger partial charge in [-0.2, -0.15) is 0 Å². The van der Waals surface area contributed by atoms with Crippen molar-refractivity contribution < 1.29 is 4.74 Å². The van der Waals surface area contributed by atoms with E-state index in [1.54, 1.807) is 17.4 Å². The van der Waals surface area contributed by atoms with Crippen LogP contribution in [0.3, 0.4) is 0 Å². The van der Waals surface area contributed by atoms with Gasteiger partial charge in [0.2, 0.25) is 0 Å². The monoisotopic (exact) mass is 427 g/mol. The number of rotatable bonds is 7. The van der Waals surface area contributed by atoms with Gasteiger partial charge in [-0.25, -0.2) is 0 Å². The van der Waals surface area contributed by atoms with Crippen LogP contribution in [0.2, 0.25) is 10.0 Å². The van der Waals surface area contributed by atoms with Gasteiger partial charge >= 0.3 is 0 Å². The summed E-state index contributed by atoms with van der Waals surface area (Å²) in [6.07, 6.45) is 0. The average molecular weight is 428 g/mol. The molecule has 0 saturated carbocycles. The van der Waals surface area contributed by atoms with E-state index in [2.05, 4.69) is 53.2 Å². The molecule has 0 aliphatic carbocycles. The average Bonchev–Trinajstić information content (AvgIpc) is 3.23. The molecule has 4 aromatic rings. The summed E-state index contributed by atoms with van der Waals surface area (Å²) in [5, 5.41) is 9.14. The molecular formula is C23H19Cl2NOS. The number of hydrogen-bond acceptors (Lipinski definition) is 3. The van der Waals surface area contributed by atoms with Crippen LogP contribution in [-0.4, -0.2) is 0 Å². The van der Waals surface area contributed by atoms with Crippen LogP contribution >= 0.6 is 34.5 Å². The van der Waals surface area contributed by atoms with Crippen LogP contribution in [0.25, 0.3) is 10.8 Å². The van der Waals surface area contributed by atoms with Crippen molar-refractivity contribution in [3.8, 4) is 5.75 Å². The largest absolute Gasteiger partial charge is 0.489 e. The van der Waals surface area contributed by atoms with Crippen molar-refractivity contribution in [1.29, 1.82) is 0 Å². The molecule has 4 rings (SSSR count). The molecule has 0 amide bonds. The van der Waals surface area contributed by atoms with Crippen LogP contribution in [0.5, 0.6) is 5.75 Å². The molecule has 2 nitrogen and oxygen atoms in total. The predicted molar refractivity (Wildman–Crippen MR) is 120 cm³/mol. The molecule has 0 unspecified atom stereocenters. The zero-order chi connectivity index (χ0) is 19.3. The second-order valence-corrected chi connectivity index (χ2v) is 8.33. The first-order valence-corrected chi connectivity index (χ1v) is 10.6. The Morgan fingerprint density at radius 3 is 2.57 bits per heavy atom. The molecule has 142 valence electrons. The minimum absolute atomic E-state index is 0.438. The normalized spacial score (nSPS) is 11.1. The van der Waals surface area contributed by atoms with E-state index in [0.29, 0.717) is 16.7 Å². The molecule has 0 aliphatic rings.